The van der Waals surface area contributed by atoms with Gasteiger partial charge in [-0.15, -0.1) is 0 Å². The molecule has 0 bridgehead atoms. The highest BCUT2D eigenvalue weighted by atomic mass is 16.5. The molecule has 0 spiro atoms. The Bertz CT molecular complexity index is 725. The van der Waals surface area contributed by atoms with E-state index >= 15 is 0 Å². The third-order valence-corrected chi connectivity index (χ3v) is 3.79. The Balaban J connectivity index is 2.47. The predicted molar refractivity (Wildman–Crippen MR) is 108 cm³/mol. The Morgan fingerprint density at radius 1 is 1.25 bits per heavy atom. The molecule has 0 saturated carbocycles. The first-order chi connectivity index (χ1) is 13.3. The Kier molecular flexibility index (Phi) is 9.50. The molecule has 0 aliphatic carbocycles. The summed E-state index contributed by atoms with van der Waals surface area (Å²) < 4.78 is 10.1. The molecule has 1 rings (SSSR count). The molecular weight excluding hydrogens is 360 g/mol. The van der Waals surface area contributed by atoms with Crippen LogP contribution in [0.3, 0.4) is 0 Å². The number of hydrogen-bond acceptors (Lipinski definition) is 5. The highest BCUT2D eigenvalue weighted by Crippen LogP contribution is 2.12. The molecule has 0 heterocycles. The highest BCUT2D eigenvalue weighted by molar-refractivity contribution is 5.94. The standard InChI is InChI=1S/C21H28N2O5/c1-6-23(13-15(2)3)20(25)14-28-21(26)16(4)22-19(24)12-9-17-7-10-18(27-5)11-8-17/h7-12,16H,2,6,13-14H2,1,3-5H3,(H,22,24)/b12-9+. The number of benzene rings is 1. The predicted octanol–water partition coefficient (Wildman–Crippen LogP) is 2.18. The molecule has 0 radical (unpaired) electrons. The summed E-state index contributed by atoms with van der Waals surface area (Å²) in [5.41, 5.74) is 1.65. The SMILES string of the molecule is C=C(C)CN(CC)C(=O)COC(=O)C(C)NC(=O)/C=C/c1ccc(OC)cc1. The summed E-state index contributed by atoms with van der Waals surface area (Å²) in [6.45, 7) is 9.45. The van der Waals surface area contributed by atoms with Crippen molar-refractivity contribution in [2.24, 2.45) is 0 Å². The number of esters is 1. The van der Waals surface area contributed by atoms with Gasteiger partial charge in [0.2, 0.25) is 5.91 Å². The van der Waals surface area contributed by atoms with Crippen LogP contribution in [0.25, 0.3) is 6.08 Å². The molecule has 0 aliphatic rings. The minimum atomic E-state index is -0.878. The van der Waals surface area contributed by atoms with E-state index in [1.54, 1.807) is 37.5 Å². The smallest absolute Gasteiger partial charge is 0.328 e. The summed E-state index contributed by atoms with van der Waals surface area (Å²) in [4.78, 5) is 37.6. The van der Waals surface area contributed by atoms with Crippen molar-refractivity contribution in [1.82, 2.24) is 10.2 Å². The molecule has 1 unspecified atom stereocenters. The zero-order valence-corrected chi connectivity index (χ0v) is 16.9. The molecule has 0 saturated heterocycles. The second-order valence-corrected chi connectivity index (χ2v) is 6.31. The molecule has 1 aromatic rings. The summed E-state index contributed by atoms with van der Waals surface area (Å²) >= 11 is 0. The topological polar surface area (TPSA) is 84.9 Å². The number of ether oxygens (including phenoxy) is 2. The normalized spacial score (nSPS) is 11.6. The Morgan fingerprint density at radius 2 is 1.89 bits per heavy atom. The third kappa shape index (κ3) is 8.07. The number of likely N-dealkylation sites (N-methyl/N-ethyl adjacent to an activating group) is 1. The second-order valence-electron chi connectivity index (χ2n) is 6.31. The van der Waals surface area contributed by atoms with Gasteiger partial charge in [0.05, 0.1) is 7.11 Å². The van der Waals surface area contributed by atoms with Crippen LogP contribution < -0.4 is 10.1 Å². The van der Waals surface area contributed by atoms with E-state index in [-0.39, 0.29) is 12.5 Å². The fourth-order valence-electron chi connectivity index (χ4n) is 2.26. The summed E-state index contributed by atoms with van der Waals surface area (Å²) in [6, 6.07) is 6.29. The maximum absolute atomic E-state index is 12.1. The van der Waals surface area contributed by atoms with Gasteiger partial charge in [-0.25, -0.2) is 4.79 Å². The second kappa shape index (κ2) is 11.6. The van der Waals surface area contributed by atoms with Crippen molar-refractivity contribution in [1.29, 1.82) is 0 Å². The number of amides is 2. The van der Waals surface area contributed by atoms with Crippen LogP contribution in [0.1, 0.15) is 26.3 Å². The minimum absolute atomic E-state index is 0.309. The van der Waals surface area contributed by atoms with Crippen molar-refractivity contribution in [2.75, 3.05) is 26.8 Å². The summed E-state index contributed by atoms with van der Waals surface area (Å²) in [6.07, 6.45) is 2.94. The number of methoxy groups -OCH3 is 1. The molecule has 7 heteroatoms. The first-order valence-corrected chi connectivity index (χ1v) is 8.98. The van der Waals surface area contributed by atoms with Gasteiger partial charge in [0, 0.05) is 19.2 Å². The van der Waals surface area contributed by atoms with Crippen molar-refractivity contribution in [3.05, 3.63) is 48.1 Å². The molecule has 7 nitrogen and oxygen atoms in total. The van der Waals surface area contributed by atoms with E-state index in [0.29, 0.717) is 13.1 Å². The average Bonchev–Trinajstić information content (AvgIpc) is 2.68. The lowest BCUT2D eigenvalue weighted by Crippen LogP contribution is -2.41. The van der Waals surface area contributed by atoms with Gasteiger partial charge in [-0.1, -0.05) is 24.3 Å². The molecular formula is C21H28N2O5. The maximum atomic E-state index is 12.1. The van der Waals surface area contributed by atoms with Crippen molar-refractivity contribution < 1.29 is 23.9 Å². The zero-order chi connectivity index (χ0) is 21.1. The summed E-state index contributed by atoms with van der Waals surface area (Å²) in [5, 5.41) is 2.51. The fraction of sp³-hybridized carbons (Fsp3) is 0.381. The number of hydrogen-bond donors (Lipinski definition) is 1. The number of nitrogens with one attached hydrogen (secondary N) is 1. The lowest BCUT2D eigenvalue weighted by Gasteiger charge is -2.21. The van der Waals surface area contributed by atoms with Gasteiger partial charge in [-0.2, -0.15) is 0 Å². The first kappa shape index (κ1) is 23.0. The van der Waals surface area contributed by atoms with E-state index in [0.717, 1.165) is 16.9 Å². The van der Waals surface area contributed by atoms with E-state index in [4.69, 9.17) is 9.47 Å². The number of carbonyl (C=O) groups is 3. The van der Waals surface area contributed by atoms with Crippen molar-refractivity contribution in [3.63, 3.8) is 0 Å². The molecule has 2 amide bonds. The largest absolute Gasteiger partial charge is 0.497 e. The molecule has 0 aromatic heterocycles. The third-order valence-electron chi connectivity index (χ3n) is 3.79. The van der Waals surface area contributed by atoms with Gasteiger partial charge in [-0.3, -0.25) is 9.59 Å². The van der Waals surface area contributed by atoms with Crippen LogP contribution in [0.2, 0.25) is 0 Å². The van der Waals surface area contributed by atoms with Gasteiger partial charge in [-0.05, 0) is 44.5 Å². The van der Waals surface area contributed by atoms with Crippen LogP contribution in [0.5, 0.6) is 5.75 Å². The van der Waals surface area contributed by atoms with Gasteiger partial charge in [0.25, 0.3) is 5.91 Å². The van der Waals surface area contributed by atoms with Crippen LogP contribution in [-0.4, -0.2) is 55.5 Å². The zero-order valence-electron chi connectivity index (χ0n) is 16.9. The minimum Gasteiger partial charge on any atom is -0.497 e. The van der Waals surface area contributed by atoms with Gasteiger partial charge >= 0.3 is 5.97 Å². The number of nitrogens with zero attached hydrogens (tertiary/aromatic N) is 1. The van der Waals surface area contributed by atoms with E-state index in [1.165, 1.54) is 17.9 Å². The van der Waals surface area contributed by atoms with Crippen molar-refractivity contribution >= 4 is 23.9 Å². The number of carbonyl (C=O) groups excluding carboxylic acids is 3. The van der Waals surface area contributed by atoms with E-state index in [1.807, 2.05) is 13.8 Å². The van der Waals surface area contributed by atoms with Crippen LogP contribution in [0, 0.1) is 0 Å². The lowest BCUT2D eigenvalue weighted by atomic mass is 10.2. The van der Waals surface area contributed by atoms with Gasteiger partial charge in [0.1, 0.15) is 11.8 Å². The van der Waals surface area contributed by atoms with E-state index in [2.05, 4.69) is 11.9 Å². The number of rotatable bonds is 10. The van der Waals surface area contributed by atoms with Crippen LogP contribution in [0.15, 0.2) is 42.5 Å². The lowest BCUT2D eigenvalue weighted by molar-refractivity contribution is -0.153. The van der Waals surface area contributed by atoms with Gasteiger partial charge < -0.3 is 19.7 Å². The van der Waals surface area contributed by atoms with Gasteiger partial charge in [0.15, 0.2) is 6.61 Å². The van der Waals surface area contributed by atoms with Crippen LogP contribution in [-0.2, 0) is 19.1 Å². The Morgan fingerprint density at radius 3 is 2.43 bits per heavy atom. The monoisotopic (exact) mass is 388 g/mol. The Labute approximate surface area is 166 Å². The van der Waals surface area contributed by atoms with E-state index in [9.17, 15) is 14.4 Å². The average molecular weight is 388 g/mol. The molecule has 152 valence electrons. The molecule has 1 N–H and O–H groups in total. The Hall–Kier alpha value is -3.09. The summed E-state index contributed by atoms with van der Waals surface area (Å²) in [5.74, 6) is -0.704. The molecule has 28 heavy (non-hydrogen) atoms. The molecule has 0 aliphatic heterocycles. The van der Waals surface area contributed by atoms with Crippen molar-refractivity contribution in [3.8, 4) is 5.75 Å². The first-order valence-electron chi connectivity index (χ1n) is 8.98. The van der Waals surface area contributed by atoms with E-state index < -0.39 is 17.9 Å². The van der Waals surface area contributed by atoms with Crippen molar-refractivity contribution in [2.45, 2.75) is 26.8 Å². The van der Waals surface area contributed by atoms with Crippen LogP contribution in [0.4, 0.5) is 0 Å². The fourth-order valence-corrected chi connectivity index (χ4v) is 2.26. The molecule has 1 aromatic carbocycles. The van der Waals surface area contributed by atoms with Crippen LogP contribution >= 0.6 is 0 Å². The summed E-state index contributed by atoms with van der Waals surface area (Å²) in [7, 11) is 1.58. The molecule has 1 atom stereocenters. The molecule has 0 fully saturated rings. The quantitative estimate of drug-likeness (QED) is 0.377. The maximum Gasteiger partial charge on any atom is 0.328 e. The highest BCUT2D eigenvalue weighted by Gasteiger charge is 2.19.